The Kier molecular flexibility index (Phi) is 5.51. The summed E-state index contributed by atoms with van der Waals surface area (Å²) in [4.78, 5) is 23.9. The van der Waals surface area contributed by atoms with Gasteiger partial charge >= 0.3 is 5.63 Å². The monoisotopic (exact) mass is 385 g/mol. The molecule has 0 atom stereocenters. The van der Waals surface area contributed by atoms with Crippen molar-refractivity contribution < 1.29 is 13.9 Å². The first kappa shape index (κ1) is 19.0. The van der Waals surface area contributed by atoms with E-state index >= 15 is 0 Å². The second kappa shape index (κ2) is 7.84. The molecule has 6 heteroatoms. The highest BCUT2D eigenvalue weighted by molar-refractivity contribution is 6.33. The number of aryl methyl sites for hydroxylation is 1. The van der Waals surface area contributed by atoms with Crippen LogP contribution in [0.2, 0.25) is 5.02 Å². The summed E-state index contributed by atoms with van der Waals surface area (Å²) in [5, 5.41) is 4.03. The van der Waals surface area contributed by atoms with E-state index in [1.807, 2.05) is 32.9 Å². The van der Waals surface area contributed by atoms with Crippen LogP contribution in [-0.4, -0.2) is 12.5 Å². The molecule has 3 aromatic rings. The molecule has 1 heterocycles. The molecular weight excluding hydrogens is 366 g/mol. The summed E-state index contributed by atoms with van der Waals surface area (Å²) in [6.07, 6.45) is 0. The Morgan fingerprint density at radius 3 is 2.67 bits per heavy atom. The summed E-state index contributed by atoms with van der Waals surface area (Å²) >= 11 is 6.11. The normalized spacial score (nSPS) is 11.0. The highest BCUT2D eigenvalue weighted by Gasteiger charge is 2.11. The molecule has 1 N–H and O–H groups in total. The van der Waals surface area contributed by atoms with Crippen molar-refractivity contribution >= 4 is 34.2 Å². The molecule has 0 unspecified atom stereocenters. The first-order valence-corrected chi connectivity index (χ1v) is 8.98. The molecule has 0 bridgehead atoms. The van der Waals surface area contributed by atoms with Crippen LogP contribution in [0, 0.1) is 6.92 Å². The van der Waals surface area contributed by atoms with Crippen LogP contribution in [0.5, 0.6) is 5.75 Å². The zero-order valence-corrected chi connectivity index (χ0v) is 16.1. The van der Waals surface area contributed by atoms with Gasteiger partial charge in [0.1, 0.15) is 11.3 Å². The quantitative estimate of drug-likeness (QED) is 0.634. The number of fused-ring (bicyclic) bond motifs is 1. The maximum Gasteiger partial charge on any atom is 0.336 e. The van der Waals surface area contributed by atoms with Crippen molar-refractivity contribution in [3.05, 3.63) is 69.0 Å². The van der Waals surface area contributed by atoms with Crippen LogP contribution in [-0.2, 0) is 4.79 Å². The Bertz CT molecular complexity index is 1060. The van der Waals surface area contributed by atoms with Crippen LogP contribution >= 0.6 is 11.6 Å². The Hall–Kier alpha value is -2.79. The van der Waals surface area contributed by atoms with Crippen LogP contribution in [0.4, 0.5) is 5.69 Å². The largest absolute Gasteiger partial charge is 0.484 e. The third-order valence-corrected chi connectivity index (χ3v) is 4.45. The van der Waals surface area contributed by atoms with Crippen LogP contribution in [0.1, 0.15) is 30.9 Å². The summed E-state index contributed by atoms with van der Waals surface area (Å²) in [6.45, 7) is 5.76. The van der Waals surface area contributed by atoms with Gasteiger partial charge in [-0.2, -0.15) is 0 Å². The van der Waals surface area contributed by atoms with Gasteiger partial charge in [0.05, 0.1) is 10.7 Å². The van der Waals surface area contributed by atoms with E-state index < -0.39 is 5.63 Å². The lowest BCUT2D eigenvalue weighted by Crippen LogP contribution is -2.20. The summed E-state index contributed by atoms with van der Waals surface area (Å²) in [6, 6.07) is 12.1. The Balaban J connectivity index is 1.73. The van der Waals surface area contributed by atoms with Crippen molar-refractivity contribution in [3.8, 4) is 5.75 Å². The minimum absolute atomic E-state index is 0.188. The van der Waals surface area contributed by atoms with E-state index in [2.05, 4.69) is 5.32 Å². The molecule has 0 spiro atoms. The fourth-order valence-electron chi connectivity index (χ4n) is 2.79. The van der Waals surface area contributed by atoms with Gasteiger partial charge in [-0.05, 0) is 48.2 Å². The first-order valence-electron chi connectivity index (χ1n) is 8.60. The number of amides is 1. The van der Waals surface area contributed by atoms with E-state index in [1.54, 1.807) is 24.3 Å². The summed E-state index contributed by atoms with van der Waals surface area (Å²) in [5.41, 5.74) is 2.48. The Morgan fingerprint density at radius 1 is 1.19 bits per heavy atom. The topological polar surface area (TPSA) is 68.5 Å². The molecule has 3 rings (SSSR count). The SMILES string of the molecule is Cc1ccc(NC(=O)COc2ccc3c(C(C)C)cc(=O)oc3c2)c(Cl)c1. The van der Waals surface area contributed by atoms with Gasteiger partial charge in [0.25, 0.3) is 5.91 Å². The van der Waals surface area contributed by atoms with E-state index in [-0.39, 0.29) is 18.4 Å². The molecule has 0 saturated heterocycles. The molecule has 5 nitrogen and oxygen atoms in total. The molecule has 1 aromatic heterocycles. The van der Waals surface area contributed by atoms with Crippen molar-refractivity contribution in [3.63, 3.8) is 0 Å². The molecule has 0 radical (unpaired) electrons. The number of carbonyl (C=O) groups excluding carboxylic acids is 1. The number of rotatable bonds is 5. The molecule has 0 fully saturated rings. The number of hydrogen-bond donors (Lipinski definition) is 1. The lowest BCUT2D eigenvalue weighted by atomic mass is 10.00. The molecule has 0 aliphatic carbocycles. The van der Waals surface area contributed by atoms with Gasteiger partial charge in [0.15, 0.2) is 6.61 Å². The van der Waals surface area contributed by atoms with Gasteiger partial charge < -0.3 is 14.5 Å². The van der Waals surface area contributed by atoms with Gasteiger partial charge in [-0.1, -0.05) is 31.5 Å². The van der Waals surface area contributed by atoms with Gasteiger partial charge in [0.2, 0.25) is 0 Å². The molecule has 140 valence electrons. The summed E-state index contributed by atoms with van der Waals surface area (Å²) < 4.78 is 10.8. The predicted octanol–water partition coefficient (Wildman–Crippen LogP) is 4.90. The Labute approximate surface area is 161 Å². The molecule has 2 aromatic carbocycles. The molecule has 0 saturated carbocycles. The van der Waals surface area contributed by atoms with E-state index in [9.17, 15) is 9.59 Å². The lowest BCUT2D eigenvalue weighted by molar-refractivity contribution is -0.118. The molecule has 0 aliphatic heterocycles. The number of ether oxygens (including phenoxy) is 1. The first-order chi connectivity index (χ1) is 12.8. The van der Waals surface area contributed by atoms with E-state index in [0.29, 0.717) is 22.0 Å². The number of halogens is 1. The minimum Gasteiger partial charge on any atom is -0.484 e. The highest BCUT2D eigenvalue weighted by atomic mass is 35.5. The van der Waals surface area contributed by atoms with Crippen LogP contribution in [0.3, 0.4) is 0 Å². The van der Waals surface area contributed by atoms with Crippen molar-refractivity contribution in [2.45, 2.75) is 26.7 Å². The van der Waals surface area contributed by atoms with Gasteiger partial charge in [-0.3, -0.25) is 4.79 Å². The van der Waals surface area contributed by atoms with Gasteiger partial charge in [-0.15, -0.1) is 0 Å². The second-order valence-electron chi connectivity index (χ2n) is 6.65. The number of hydrogen-bond acceptors (Lipinski definition) is 4. The van der Waals surface area contributed by atoms with Crippen LogP contribution in [0.25, 0.3) is 11.0 Å². The van der Waals surface area contributed by atoms with Crippen molar-refractivity contribution in [2.24, 2.45) is 0 Å². The fraction of sp³-hybridized carbons (Fsp3) is 0.238. The van der Waals surface area contributed by atoms with Gasteiger partial charge in [0, 0.05) is 17.5 Å². The average Bonchev–Trinajstić information content (AvgIpc) is 2.61. The number of carbonyl (C=O) groups is 1. The van der Waals surface area contributed by atoms with E-state index in [1.165, 1.54) is 6.07 Å². The second-order valence-corrected chi connectivity index (χ2v) is 7.06. The van der Waals surface area contributed by atoms with E-state index in [0.717, 1.165) is 16.5 Å². The third-order valence-electron chi connectivity index (χ3n) is 4.14. The lowest BCUT2D eigenvalue weighted by Gasteiger charge is -2.11. The smallest absolute Gasteiger partial charge is 0.336 e. The van der Waals surface area contributed by atoms with Crippen molar-refractivity contribution in [1.82, 2.24) is 0 Å². The zero-order valence-electron chi connectivity index (χ0n) is 15.3. The summed E-state index contributed by atoms with van der Waals surface area (Å²) in [5.74, 6) is 0.295. The average molecular weight is 386 g/mol. The molecular formula is C21H20ClNO4. The van der Waals surface area contributed by atoms with E-state index in [4.69, 9.17) is 20.8 Å². The highest BCUT2D eigenvalue weighted by Crippen LogP contribution is 2.27. The molecule has 1 amide bonds. The van der Waals surface area contributed by atoms with Crippen LogP contribution < -0.4 is 15.7 Å². The third kappa shape index (κ3) is 4.49. The van der Waals surface area contributed by atoms with Crippen LogP contribution in [0.15, 0.2) is 51.7 Å². The number of nitrogens with one attached hydrogen (secondary N) is 1. The van der Waals surface area contributed by atoms with Crippen molar-refractivity contribution in [2.75, 3.05) is 11.9 Å². The standard InChI is InChI=1S/C21H20ClNO4/c1-12(2)16-10-21(25)27-19-9-14(5-6-15(16)19)26-11-20(24)23-18-7-4-13(3)8-17(18)22/h4-10,12H,11H2,1-3H3,(H,23,24). The van der Waals surface area contributed by atoms with Gasteiger partial charge in [-0.25, -0.2) is 4.79 Å². The summed E-state index contributed by atoms with van der Waals surface area (Å²) in [7, 11) is 0. The zero-order chi connectivity index (χ0) is 19.6. The Morgan fingerprint density at radius 2 is 1.96 bits per heavy atom. The minimum atomic E-state index is -0.407. The number of anilines is 1. The molecule has 0 aliphatic rings. The molecule has 27 heavy (non-hydrogen) atoms. The maximum atomic E-state index is 12.1. The number of benzene rings is 2. The van der Waals surface area contributed by atoms with Crippen molar-refractivity contribution in [1.29, 1.82) is 0 Å². The predicted molar refractivity (Wildman–Crippen MR) is 107 cm³/mol. The fourth-order valence-corrected chi connectivity index (χ4v) is 3.07. The maximum absolute atomic E-state index is 12.1.